The van der Waals surface area contributed by atoms with Crippen LogP contribution >= 0.6 is 0 Å². The van der Waals surface area contributed by atoms with Crippen LogP contribution in [0.15, 0.2) is 48.9 Å². The van der Waals surface area contributed by atoms with Crippen molar-refractivity contribution < 1.29 is 4.39 Å². The Morgan fingerprint density at radius 3 is 2.75 bits per heavy atom. The van der Waals surface area contributed by atoms with Crippen molar-refractivity contribution in [2.45, 2.75) is 32.6 Å². The molecule has 6 heteroatoms. The van der Waals surface area contributed by atoms with Crippen LogP contribution in [0.2, 0.25) is 0 Å². The van der Waals surface area contributed by atoms with E-state index in [0.717, 1.165) is 37.6 Å². The van der Waals surface area contributed by atoms with Crippen LogP contribution in [-0.2, 0) is 19.6 Å². The van der Waals surface area contributed by atoms with Crippen LogP contribution in [0.25, 0.3) is 0 Å². The van der Waals surface area contributed by atoms with Crippen LogP contribution in [0.5, 0.6) is 0 Å². The number of aromatic nitrogens is 4. The fraction of sp³-hybridized carbons (Fsp3) is 0.333. The molecular weight excluding hydrogens is 305 g/mol. The van der Waals surface area contributed by atoms with Gasteiger partial charge in [0.1, 0.15) is 11.6 Å². The van der Waals surface area contributed by atoms with Gasteiger partial charge in [-0.25, -0.2) is 9.37 Å². The summed E-state index contributed by atoms with van der Waals surface area (Å²) in [5, 5.41) is 4.27. The second-order valence-corrected chi connectivity index (χ2v) is 6.24. The maximum absolute atomic E-state index is 13.1. The molecule has 5 nitrogen and oxygen atoms in total. The summed E-state index contributed by atoms with van der Waals surface area (Å²) in [6.45, 7) is 5.60. The molecule has 0 saturated heterocycles. The van der Waals surface area contributed by atoms with E-state index >= 15 is 0 Å². The summed E-state index contributed by atoms with van der Waals surface area (Å²) in [6.07, 6.45) is 5.71. The molecule has 2 aromatic heterocycles. The van der Waals surface area contributed by atoms with Crippen molar-refractivity contribution in [1.29, 1.82) is 0 Å². The monoisotopic (exact) mass is 325 g/mol. The average Bonchev–Trinajstić information content (AvgIpc) is 3.23. The first-order valence-electron chi connectivity index (χ1n) is 8.21. The van der Waals surface area contributed by atoms with E-state index in [1.165, 1.54) is 17.8 Å². The van der Waals surface area contributed by atoms with E-state index in [1.54, 1.807) is 6.20 Å². The Labute approximate surface area is 140 Å². The average molecular weight is 325 g/mol. The molecule has 0 saturated carbocycles. The molecule has 0 fully saturated rings. The first-order valence-corrected chi connectivity index (χ1v) is 8.21. The molecule has 1 aromatic carbocycles. The molecule has 24 heavy (non-hydrogen) atoms. The fourth-order valence-electron chi connectivity index (χ4n) is 3.33. The number of nitrogens with zero attached hydrogens (tertiary/aromatic N) is 5. The second-order valence-electron chi connectivity index (χ2n) is 6.24. The minimum absolute atomic E-state index is 0.191. The van der Waals surface area contributed by atoms with Gasteiger partial charge in [-0.3, -0.25) is 9.58 Å². The highest BCUT2D eigenvalue weighted by molar-refractivity contribution is 5.17. The summed E-state index contributed by atoms with van der Waals surface area (Å²) < 4.78 is 17.3. The van der Waals surface area contributed by atoms with Crippen molar-refractivity contribution in [3.05, 3.63) is 71.8 Å². The van der Waals surface area contributed by atoms with Gasteiger partial charge in [-0.05, 0) is 30.7 Å². The van der Waals surface area contributed by atoms with Crippen molar-refractivity contribution >= 4 is 0 Å². The number of hydrogen-bond acceptors (Lipinski definition) is 3. The van der Waals surface area contributed by atoms with E-state index < -0.39 is 0 Å². The smallest absolute Gasteiger partial charge is 0.126 e. The Kier molecular flexibility index (Phi) is 3.90. The van der Waals surface area contributed by atoms with Gasteiger partial charge in [-0.15, -0.1) is 0 Å². The predicted molar refractivity (Wildman–Crippen MR) is 88.8 cm³/mol. The van der Waals surface area contributed by atoms with Gasteiger partial charge in [-0.2, -0.15) is 5.10 Å². The third-order valence-electron chi connectivity index (χ3n) is 4.68. The molecule has 0 aliphatic carbocycles. The molecule has 0 spiro atoms. The van der Waals surface area contributed by atoms with Crippen molar-refractivity contribution in [2.24, 2.45) is 0 Å². The summed E-state index contributed by atoms with van der Waals surface area (Å²) in [4.78, 5) is 7.03. The quantitative estimate of drug-likeness (QED) is 0.740. The Morgan fingerprint density at radius 1 is 1.17 bits per heavy atom. The Hall–Kier alpha value is -2.47. The number of halogens is 1. The lowest BCUT2D eigenvalue weighted by Gasteiger charge is -2.34. The molecular formula is C18H20FN5. The van der Waals surface area contributed by atoms with Crippen LogP contribution in [0, 0.1) is 5.82 Å². The summed E-state index contributed by atoms with van der Waals surface area (Å²) in [6, 6.07) is 8.91. The zero-order chi connectivity index (χ0) is 16.5. The Balaban J connectivity index is 1.51. The molecule has 0 unspecified atom stereocenters. The highest BCUT2D eigenvalue weighted by atomic mass is 19.1. The molecule has 124 valence electrons. The van der Waals surface area contributed by atoms with Crippen LogP contribution in [0.1, 0.15) is 30.0 Å². The predicted octanol–water partition coefficient (Wildman–Crippen LogP) is 2.84. The first kappa shape index (κ1) is 15.1. The van der Waals surface area contributed by atoms with Gasteiger partial charge in [-0.1, -0.05) is 12.1 Å². The normalized spacial score (nSPS) is 17.8. The van der Waals surface area contributed by atoms with Gasteiger partial charge in [0.15, 0.2) is 0 Å². The largest absolute Gasteiger partial charge is 0.328 e. The molecule has 3 aromatic rings. The van der Waals surface area contributed by atoms with Crippen molar-refractivity contribution in [1.82, 2.24) is 24.2 Å². The fourth-order valence-corrected chi connectivity index (χ4v) is 3.33. The van der Waals surface area contributed by atoms with Gasteiger partial charge in [0, 0.05) is 32.0 Å². The maximum atomic E-state index is 13.1. The molecule has 0 N–H and O–H groups in total. The van der Waals surface area contributed by atoms with E-state index in [-0.39, 0.29) is 11.9 Å². The van der Waals surface area contributed by atoms with E-state index in [0.29, 0.717) is 0 Å². The number of rotatable bonds is 4. The lowest BCUT2D eigenvalue weighted by atomic mass is 10.1. The highest BCUT2D eigenvalue weighted by Gasteiger charge is 2.27. The lowest BCUT2D eigenvalue weighted by Crippen LogP contribution is -2.37. The van der Waals surface area contributed by atoms with Crippen LogP contribution in [0.4, 0.5) is 4.39 Å². The molecule has 1 aliphatic heterocycles. The van der Waals surface area contributed by atoms with Gasteiger partial charge < -0.3 is 4.57 Å². The first-order chi connectivity index (χ1) is 11.7. The number of benzene rings is 1. The summed E-state index contributed by atoms with van der Waals surface area (Å²) in [5.41, 5.74) is 2.31. The number of fused-ring (bicyclic) bond motifs is 1. The topological polar surface area (TPSA) is 38.9 Å². The minimum Gasteiger partial charge on any atom is -0.328 e. The zero-order valence-corrected chi connectivity index (χ0v) is 13.6. The van der Waals surface area contributed by atoms with E-state index in [4.69, 9.17) is 0 Å². The van der Waals surface area contributed by atoms with Gasteiger partial charge in [0.2, 0.25) is 0 Å². The summed E-state index contributed by atoms with van der Waals surface area (Å²) >= 11 is 0. The number of imidazole rings is 1. The third-order valence-corrected chi connectivity index (χ3v) is 4.68. The summed E-state index contributed by atoms with van der Waals surface area (Å²) in [5.74, 6) is 0.898. The van der Waals surface area contributed by atoms with Crippen LogP contribution < -0.4 is 0 Å². The summed E-state index contributed by atoms with van der Waals surface area (Å²) in [7, 11) is 0. The van der Waals surface area contributed by atoms with Crippen LogP contribution in [0.3, 0.4) is 0 Å². The van der Waals surface area contributed by atoms with Crippen molar-refractivity contribution in [2.75, 3.05) is 6.54 Å². The molecule has 0 amide bonds. The molecule has 3 heterocycles. The molecule has 0 bridgehead atoms. The van der Waals surface area contributed by atoms with Gasteiger partial charge >= 0.3 is 0 Å². The minimum atomic E-state index is -0.191. The van der Waals surface area contributed by atoms with E-state index in [1.807, 2.05) is 35.3 Å². The van der Waals surface area contributed by atoms with Gasteiger partial charge in [0.25, 0.3) is 0 Å². The zero-order valence-electron chi connectivity index (χ0n) is 13.6. The third kappa shape index (κ3) is 2.85. The van der Waals surface area contributed by atoms with Crippen LogP contribution in [-0.4, -0.2) is 30.8 Å². The molecule has 1 atom stereocenters. The SMILES string of the molecule is C[C@@H]1c2ncc(Cn3cccn3)n2CCN1Cc1ccc(F)cc1. The van der Waals surface area contributed by atoms with E-state index in [9.17, 15) is 4.39 Å². The second kappa shape index (κ2) is 6.20. The van der Waals surface area contributed by atoms with Crippen molar-refractivity contribution in [3.8, 4) is 0 Å². The Bertz CT molecular complexity index is 807. The number of hydrogen-bond donors (Lipinski definition) is 0. The standard InChI is InChI=1S/C18H20FN5/c1-14-18-20-11-17(13-23-8-2-7-21-23)24(18)10-9-22(14)12-15-3-5-16(19)6-4-15/h2-8,11,14H,9-10,12-13H2,1H3/t14-/m1/s1. The lowest BCUT2D eigenvalue weighted by molar-refractivity contribution is 0.155. The van der Waals surface area contributed by atoms with Crippen molar-refractivity contribution in [3.63, 3.8) is 0 Å². The Morgan fingerprint density at radius 2 is 2.00 bits per heavy atom. The molecule has 0 radical (unpaired) electrons. The molecule has 1 aliphatic rings. The van der Waals surface area contributed by atoms with Gasteiger partial charge in [0.05, 0.1) is 24.5 Å². The highest BCUT2D eigenvalue weighted by Crippen LogP contribution is 2.27. The van der Waals surface area contributed by atoms with E-state index in [2.05, 4.69) is 26.5 Å². The molecule has 4 rings (SSSR count). The maximum Gasteiger partial charge on any atom is 0.126 e.